The second-order valence-corrected chi connectivity index (χ2v) is 3.18. The van der Waals surface area contributed by atoms with Crippen LogP contribution in [-0.2, 0) is 9.78 Å². The molecule has 12 heavy (non-hydrogen) atoms. The first-order chi connectivity index (χ1) is 5.75. The molecule has 0 aliphatic heterocycles. The minimum atomic E-state index is -0.470. The summed E-state index contributed by atoms with van der Waals surface area (Å²) in [5.74, 6) is -0.470. The molecule has 0 N–H and O–H groups in total. The van der Waals surface area contributed by atoms with E-state index in [1.165, 1.54) is 7.11 Å². The van der Waals surface area contributed by atoms with Crippen LogP contribution in [0.2, 0.25) is 0 Å². The van der Waals surface area contributed by atoms with Crippen molar-refractivity contribution < 1.29 is 14.6 Å². The topological polar surface area (TPSA) is 35.5 Å². The Labute approximate surface area is 83.7 Å². The summed E-state index contributed by atoms with van der Waals surface area (Å²) in [6.45, 7) is 0. The first-order valence-corrected chi connectivity index (χ1v) is 4.33. The van der Waals surface area contributed by atoms with Crippen LogP contribution < -0.4 is 0 Å². The highest BCUT2D eigenvalue weighted by Crippen LogP contribution is 2.12. The summed E-state index contributed by atoms with van der Waals surface area (Å²) < 4.78 is 0.845. The van der Waals surface area contributed by atoms with Crippen molar-refractivity contribution in [2.75, 3.05) is 7.11 Å². The van der Waals surface area contributed by atoms with Crippen LogP contribution in [0, 0.1) is 3.57 Å². The zero-order valence-electron chi connectivity index (χ0n) is 6.41. The lowest BCUT2D eigenvalue weighted by molar-refractivity contribution is -0.216. The van der Waals surface area contributed by atoms with Gasteiger partial charge in [-0.2, -0.15) is 4.89 Å². The maximum absolute atomic E-state index is 11.1. The Bertz CT molecular complexity index is 285. The molecule has 1 aromatic carbocycles. The van der Waals surface area contributed by atoms with E-state index in [9.17, 15) is 4.79 Å². The van der Waals surface area contributed by atoms with Crippen molar-refractivity contribution in [3.05, 3.63) is 33.4 Å². The molecule has 0 heterocycles. The highest BCUT2D eigenvalue weighted by Gasteiger charge is 2.10. The molecule has 0 amide bonds. The second kappa shape index (κ2) is 4.42. The van der Waals surface area contributed by atoms with E-state index < -0.39 is 5.97 Å². The first-order valence-electron chi connectivity index (χ1n) is 3.25. The number of hydrogen-bond acceptors (Lipinski definition) is 3. The zero-order chi connectivity index (χ0) is 8.97. The van der Waals surface area contributed by atoms with Crippen LogP contribution in [0.15, 0.2) is 24.3 Å². The van der Waals surface area contributed by atoms with Gasteiger partial charge in [-0.1, -0.05) is 12.1 Å². The average Bonchev–Trinajstić information content (AvgIpc) is 2.05. The summed E-state index contributed by atoms with van der Waals surface area (Å²) in [4.78, 5) is 19.7. The fraction of sp³-hybridized carbons (Fsp3) is 0.125. The van der Waals surface area contributed by atoms with E-state index in [-0.39, 0.29) is 0 Å². The fourth-order valence-electron chi connectivity index (χ4n) is 0.747. The molecule has 0 aliphatic rings. The van der Waals surface area contributed by atoms with E-state index in [4.69, 9.17) is 0 Å². The van der Waals surface area contributed by atoms with E-state index in [0.29, 0.717) is 5.56 Å². The summed E-state index contributed by atoms with van der Waals surface area (Å²) in [5, 5.41) is 0. The molecule has 1 aromatic rings. The van der Waals surface area contributed by atoms with Crippen LogP contribution in [-0.4, -0.2) is 13.1 Å². The Morgan fingerprint density at radius 2 is 2.08 bits per heavy atom. The Hall–Kier alpha value is -0.620. The lowest BCUT2D eigenvalue weighted by Crippen LogP contribution is -2.05. The highest BCUT2D eigenvalue weighted by molar-refractivity contribution is 14.1. The van der Waals surface area contributed by atoms with Crippen LogP contribution in [0.3, 0.4) is 0 Å². The van der Waals surface area contributed by atoms with Gasteiger partial charge in [0.2, 0.25) is 0 Å². The molecule has 0 saturated carbocycles. The molecular weight excluding hydrogens is 271 g/mol. The summed E-state index contributed by atoms with van der Waals surface area (Å²) in [5.41, 5.74) is 0.514. The van der Waals surface area contributed by atoms with Crippen LogP contribution in [0.1, 0.15) is 10.4 Å². The van der Waals surface area contributed by atoms with Crippen molar-refractivity contribution in [2.24, 2.45) is 0 Å². The minimum absolute atomic E-state index is 0.470. The molecule has 0 fully saturated rings. The molecule has 0 unspecified atom stereocenters. The van der Waals surface area contributed by atoms with Crippen molar-refractivity contribution in [3.63, 3.8) is 0 Å². The van der Waals surface area contributed by atoms with Gasteiger partial charge in [-0.15, -0.1) is 0 Å². The van der Waals surface area contributed by atoms with Gasteiger partial charge in [-0.05, 0) is 34.7 Å². The van der Waals surface area contributed by atoms with E-state index in [2.05, 4.69) is 32.4 Å². The second-order valence-electron chi connectivity index (χ2n) is 2.02. The SMILES string of the molecule is COOC(=O)c1ccccc1I. The quantitative estimate of drug-likeness (QED) is 0.471. The monoisotopic (exact) mass is 278 g/mol. The molecule has 0 spiro atoms. The number of benzene rings is 1. The highest BCUT2D eigenvalue weighted by atomic mass is 127. The van der Waals surface area contributed by atoms with Gasteiger partial charge in [0.05, 0.1) is 12.7 Å². The number of hydrogen-bond donors (Lipinski definition) is 0. The number of rotatable bonds is 2. The molecule has 0 bridgehead atoms. The normalized spacial score (nSPS) is 9.50. The Kier molecular flexibility index (Phi) is 3.48. The minimum Gasteiger partial charge on any atom is -0.293 e. The summed E-state index contributed by atoms with van der Waals surface area (Å²) in [7, 11) is 1.30. The molecule has 0 aliphatic carbocycles. The predicted molar refractivity (Wildman–Crippen MR) is 51.6 cm³/mol. The lowest BCUT2D eigenvalue weighted by Gasteiger charge is -2.00. The van der Waals surface area contributed by atoms with Gasteiger partial charge < -0.3 is 0 Å². The van der Waals surface area contributed by atoms with E-state index in [0.717, 1.165) is 3.57 Å². The van der Waals surface area contributed by atoms with Crippen molar-refractivity contribution in [3.8, 4) is 0 Å². The Morgan fingerprint density at radius 3 is 2.67 bits per heavy atom. The van der Waals surface area contributed by atoms with E-state index >= 15 is 0 Å². The third-order valence-electron chi connectivity index (χ3n) is 1.25. The van der Waals surface area contributed by atoms with E-state index in [1.54, 1.807) is 12.1 Å². The molecule has 0 saturated heterocycles. The summed E-state index contributed by atoms with van der Waals surface area (Å²) >= 11 is 2.06. The molecular formula is C8H7IO3. The third kappa shape index (κ3) is 2.18. The van der Waals surface area contributed by atoms with Gasteiger partial charge in [0.25, 0.3) is 0 Å². The Morgan fingerprint density at radius 1 is 1.42 bits per heavy atom. The smallest absolute Gasteiger partial charge is 0.293 e. The van der Waals surface area contributed by atoms with Gasteiger partial charge in [-0.3, -0.25) is 4.89 Å². The molecule has 0 radical (unpaired) electrons. The summed E-state index contributed by atoms with van der Waals surface area (Å²) in [6, 6.07) is 7.13. The molecule has 3 nitrogen and oxygen atoms in total. The molecule has 0 atom stereocenters. The molecule has 64 valence electrons. The van der Waals surface area contributed by atoms with Crippen LogP contribution in [0.4, 0.5) is 0 Å². The molecule has 4 heteroatoms. The van der Waals surface area contributed by atoms with Crippen molar-refractivity contribution in [2.45, 2.75) is 0 Å². The van der Waals surface area contributed by atoms with Gasteiger partial charge in [0.1, 0.15) is 0 Å². The Balaban J connectivity index is 2.87. The zero-order valence-corrected chi connectivity index (χ0v) is 8.57. The lowest BCUT2D eigenvalue weighted by atomic mass is 10.2. The first kappa shape index (κ1) is 9.47. The van der Waals surface area contributed by atoms with Crippen molar-refractivity contribution >= 4 is 28.6 Å². The van der Waals surface area contributed by atoms with E-state index in [1.807, 2.05) is 12.1 Å². The maximum Gasteiger partial charge on any atom is 0.374 e. The van der Waals surface area contributed by atoms with Gasteiger partial charge in [0.15, 0.2) is 0 Å². The average molecular weight is 278 g/mol. The predicted octanol–water partition coefficient (Wildman–Crippen LogP) is 2.01. The largest absolute Gasteiger partial charge is 0.374 e. The molecule has 1 rings (SSSR count). The van der Waals surface area contributed by atoms with Crippen LogP contribution in [0.5, 0.6) is 0 Å². The number of carbonyl (C=O) groups is 1. The van der Waals surface area contributed by atoms with Crippen molar-refractivity contribution in [1.82, 2.24) is 0 Å². The fourth-order valence-corrected chi connectivity index (χ4v) is 1.35. The molecule has 0 aromatic heterocycles. The standard InChI is InChI=1S/C8H7IO3/c1-11-12-8(10)6-4-2-3-5-7(6)9/h2-5H,1H3. The van der Waals surface area contributed by atoms with Crippen LogP contribution >= 0.6 is 22.6 Å². The number of carbonyl (C=O) groups excluding carboxylic acids is 1. The van der Waals surface area contributed by atoms with Gasteiger partial charge >= 0.3 is 5.97 Å². The summed E-state index contributed by atoms with van der Waals surface area (Å²) in [6.07, 6.45) is 0. The third-order valence-corrected chi connectivity index (χ3v) is 2.19. The van der Waals surface area contributed by atoms with Gasteiger partial charge in [-0.25, -0.2) is 4.79 Å². The maximum atomic E-state index is 11.1. The van der Waals surface area contributed by atoms with Crippen molar-refractivity contribution in [1.29, 1.82) is 0 Å². The van der Waals surface area contributed by atoms with Gasteiger partial charge in [0, 0.05) is 3.57 Å². The van der Waals surface area contributed by atoms with Crippen LogP contribution in [0.25, 0.3) is 0 Å². The number of halogens is 1.